The zero-order chi connectivity index (χ0) is 18.2. The summed E-state index contributed by atoms with van der Waals surface area (Å²) in [5.41, 5.74) is 4.57. The highest BCUT2D eigenvalue weighted by atomic mass is 32.1. The summed E-state index contributed by atoms with van der Waals surface area (Å²) in [4.78, 5) is 19.7. The molecular formula is C21H20N2O3S. The molecule has 1 saturated carbocycles. The summed E-state index contributed by atoms with van der Waals surface area (Å²) in [5.74, 6) is 1.63. The van der Waals surface area contributed by atoms with Crippen LogP contribution in [0.25, 0.3) is 10.2 Å². The summed E-state index contributed by atoms with van der Waals surface area (Å²) in [7, 11) is 0. The van der Waals surface area contributed by atoms with E-state index in [1.165, 1.54) is 12.8 Å². The molecule has 1 fully saturated rings. The maximum atomic E-state index is 13.4. The molecule has 0 bridgehead atoms. The van der Waals surface area contributed by atoms with Gasteiger partial charge in [-0.3, -0.25) is 4.79 Å². The van der Waals surface area contributed by atoms with Crippen LogP contribution in [0.2, 0.25) is 0 Å². The monoisotopic (exact) mass is 380 g/mol. The van der Waals surface area contributed by atoms with Gasteiger partial charge in [0.2, 0.25) is 6.79 Å². The Bertz CT molecular complexity index is 994. The summed E-state index contributed by atoms with van der Waals surface area (Å²) in [6.07, 6.45) is 4.51. The molecule has 2 aliphatic rings. The average Bonchev–Trinajstić information content (AvgIpc) is 3.45. The predicted octanol–water partition coefficient (Wildman–Crippen LogP) is 4.61. The normalized spacial score (nSPS) is 16.1. The molecule has 0 atom stereocenters. The fourth-order valence-corrected chi connectivity index (χ4v) is 4.69. The summed E-state index contributed by atoms with van der Waals surface area (Å²) >= 11 is 1.57. The zero-order valence-electron chi connectivity index (χ0n) is 14.9. The number of benzene rings is 2. The highest BCUT2D eigenvalue weighted by molar-refractivity contribution is 7.16. The Morgan fingerprint density at radius 1 is 1.11 bits per heavy atom. The molecule has 5 nitrogen and oxygen atoms in total. The van der Waals surface area contributed by atoms with E-state index in [2.05, 4.69) is 4.98 Å². The predicted molar refractivity (Wildman–Crippen MR) is 104 cm³/mol. The first kappa shape index (κ1) is 16.6. The third kappa shape index (κ3) is 3.14. The Labute approximate surface area is 161 Å². The van der Waals surface area contributed by atoms with Crippen LogP contribution in [-0.2, 0) is 6.54 Å². The average molecular weight is 380 g/mol. The van der Waals surface area contributed by atoms with Crippen LogP contribution in [-0.4, -0.2) is 28.6 Å². The SMILES string of the molecule is O=C(c1ccc2ncsc2c1)N(Cc1ccc2c(c1)OCO2)C1CCCC1. The van der Waals surface area contributed by atoms with Gasteiger partial charge < -0.3 is 14.4 Å². The lowest BCUT2D eigenvalue weighted by atomic mass is 10.1. The van der Waals surface area contributed by atoms with E-state index in [1.807, 2.05) is 46.8 Å². The van der Waals surface area contributed by atoms with Crippen LogP contribution < -0.4 is 9.47 Å². The van der Waals surface area contributed by atoms with Gasteiger partial charge in [-0.2, -0.15) is 0 Å². The third-order valence-electron chi connectivity index (χ3n) is 5.39. The van der Waals surface area contributed by atoms with E-state index in [0.717, 1.165) is 45.7 Å². The minimum Gasteiger partial charge on any atom is -0.454 e. The Hall–Kier alpha value is -2.60. The maximum Gasteiger partial charge on any atom is 0.254 e. The van der Waals surface area contributed by atoms with Crippen LogP contribution in [0.5, 0.6) is 11.5 Å². The molecule has 1 aliphatic carbocycles. The number of amides is 1. The molecule has 3 aromatic rings. The second-order valence-corrected chi connectivity index (χ2v) is 7.98. The number of fused-ring (bicyclic) bond motifs is 2. The van der Waals surface area contributed by atoms with E-state index in [1.54, 1.807) is 11.3 Å². The molecule has 1 amide bonds. The van der Waals surface area contributed by atoms with Gasteiger partial charge in [0.05, 0.1) is 15.7 Å². The van der Waals surface area contributed by atoms with Crippen LogP contribution in [0.15, 0.2) is 41.9 Å². The number of rotatable bonds is 4. The first-order valence-corrected chi connectivity index (χ1v) is 10.2. The molecule has 0 saturated heterocycles. The van der Waals surface area contributed by atoms with E-state index in [4.69, 9.17) is 9.47 Å². The molecule has 27 heavy (non-hydrogen) atoms. The molecule has 5 rings (SSSR count). The summed E-state index contributed by atoms with van der Waals surface area (Å²) in [6.45, 7) is 0.847. The Morgan fingerprint density at radius 3 is 2.85 bits per heavy atom. The number of carbonyl (C=O) groups is 1. The summed E-state index contributed by atoms with van der Waals surface area (Å²) < 4.78 is 12.0. The fourth-order valence-electron chi connectivity index (χ4n) is 3.97. The molecule has 1 aliphatic heterocycles. The topological polar surface area (TPSA) is 51.7 Å². The first-order chi connectivity index (χ1) is 13.3. The van der Waals surface area contributed by atoms with Gasteiger partial charge in [-0.1, -0.05) is 18.9 Å². The van der Waals surface area contributed by atoms with Crippen LogP contribution in [0, 0.1) is 0 Å². The standard InChI is InChI=1S/C21H20N2O3S/c24-21(15-6-7-17-20(10-15)27-12-22-17)23(16-3-1-2-4-16)11-14-5-8-18-19(9-14)26-13-25-18/h5-10,12,16H,1-4,11,13H2. The molecule has 0 radical (unpaired) electrons. The molecule has 6 heteroatoms. The van der Waals surface area contributed by atoms with Crippen molar-refractivity contribution < 1.29 is 14.3 Å². The Kier molecular flexibility index (Phi) is 4.20. The molecular weight excluding hydrogens is 360 g/mol. The number of ether oxygens (including phenoxy) is 2. The van der Waals surface area contributed by atoms with Crippen molar-refractivity contribution in [1.82, 2.24) is 9.88 Å². The van der Waals surface area contributed by atoms with Crippen LogP contribution in [0.3, 0.4) is 0 Å². The highest BCUT2D eigenvalue weighted by Gasteiger charge is 2.28. The van der Waals surface area contributed by atoms with Gasteiger partial charge in [-0.05, 0) is 48.7 Å². The van der Waals surface area contributed by atoms with Crippen molar-refractivity contribution >= 4 is 27.5 Å². The molecule has 0 N–H and O–H groups in total. The molecule has 0 unspecified atom stereocenters. The first-order valence-electron chi connectivity index (χ1n) is 9.31. The van der Waals surface area contributed by atoms with Gasteiger partial charge in [0, 0.05) is 18.2 Å². The zero-order valence-corrected chi connectivity index (χ0v) is 15.7. The van der Waals surface area contributed by atoms with E-state index < -0.39 is 0 Å². The van der Waals surface area contributed by atoms with E-state index in [9.17, 15) is 4.79 Å². The van der Waals surface area contributed by atoms with Gasteiger partial charge in [-0.15, -0.1) is 11.3 Å². The molecule has 2 heterocycles. The quantitative estimate of drug-likeness (QED) is 0.663. The van der Waals surface area contributed by atoms with Crippen molar-refractivity contribution in [1.29, 1.82) is 0 Å². The Balaban J connectivity index is 1.45. The summed E-state index contributed by atoms with van der Waals surface area (Å²) in [6, 6.07) is 12.0. The van der Waals surface area contributed by atoms with Crippen LogP contribution in [0.1, 0.15) is 41.6 Å². The van der Waals surface area contributed by atoms with Gasteiger partial charge in [0.25, 0.3) is 5.91 Å². The fraction of sp³-hybridized carbons (Fsp3) is 0.333. The van der Waals surface area contributed by atoms with Crippen molar-refractivity contribution in [3.8, 4) is 11.5 Å². The van der Waals surface area contributed by atoms with Crippen molar-refractivity contribution in [3.63, 3.8) is 0 Å². The second-order valence-electron chi connectivity index (χ2n) is 7.09. The number of thiazole rings is 1. The minimum absolute atomic E-state index is 0.0925. The van der Waals surface area contributed by atoms with Crippen molar-refractivity contribution in [2.75, 3.05) is 6.79 Å². The number of carbonyl (C=O) groups excluding carboxylic acids is 1. The maximum absolute atomic E-state index is 13.4. The van der Waals surface area contributed by atoms with Crippen molar-refractivity contribution in [2.24, 2.45) is 0 Å². The van der Waals surface area contributed by atoms with Crippen molar-refractivity contribution in [3.05, 3.63) is 53.0 Å². The van der Waals surface area contributed by atoms with Crippen molar-refractivity contribution in [2.45, 2.75) is 38.3 Å². The van der Waals surface area contributed by atoms with E-state index in [-0.39, 0.29) is 12.7 Å². The molecule has 0 spiro atoms. The van der Waals surface area contributed by atoms with Crippen LogP contribution in [0.4, 0.5) is 0 Å². The van der Waals surface area contributed by atoms with Gasteiger partial charge >= 0.3 is 0 Å². The lowest BCUT2D eigenvalue weighted by Gasteiger charge is -2.29. The number of aromatic nitrogens is 1. The lowest BCUT2D eigenvalue weighted by Crippen LogP contribution is -2.38. The number of nitrogens with zero attached hydrogens (tertiary/aromatic N) is 2. The number of hydrogen-bond donors (Lipinski definition) is 0. The molecule has 2 aromatic carbocycles. The lowest BCUT2D eigenvalue weighted by molar-refractivity contribution is 0.0664. The smallest absolute Gasteiger partial charge is 0.254 e. The second kappa shape index (κ2) is 6.85. The minimum atomic E-state index is 0.0925. The Morgan fingerprint density at radius 2 is 1.96 bits per heavy atom. The van der Waals surface area contributed by atoms with E-state index in [0.29, 0.717) is 12.6 Å². The van der Waals surface area contributed by atoms with Gasteiger partial charge in [0.1, 0.15) is 0 Å². The van der Waals surface area contributed by atoms with Gasteiger partial charge in [0.15, 0.2) is 11.5 Å². The molecule has 1 aromatic heterocycles. The van der Waals surface area contributed by atoms with Gasteiger partial charge in [-0.25, -0.2) is 4.98 Å². The summed E-state index contributed by atoms with van der Waals surface area (Å²) in [5, 5.41) is 0. The third-order valence-corrected chi connectivity index (χ3v) is 6.19. The largest absolute Gasteiger partial charge is 0.454 e. The van der Waals surface area contributed by atoms with E-state index >= 15 is 0 Å². The molecule has 138 valence electrons. The van der Waals surface area contributed by atoms with Crippen LogP contribution >= 0.6 is 11.3 Å². The number of hydrogen-bond acceptors (Lipinski definition) is 5. The highest BCUT2D eigenvalue weighted by Crippen LogP contribution is 2.34.